The number of carbonyl (C=O) groups excluding carboxylic acids is 1. The van der Waals surface area contributed by atoms with E-state index >= 15 is 0 Å². The lowest BCUT2D eigenvalue weighted by Gasteiger charge is -2.38. The molecule has 1 atom stereocenters. The first-order chi connectivity index (χ1) is 10.2. The summed E-state index contributed by atoms with van der Waals surface area (Å²) in [6.45, 7) is 4.30. The van der Waals surface area contributed by atoms with E-state index in [-0.39, 0.29) is 16.3 Å². The van der Waals surface area contributed by atoms with E-state index in [9.17, 15) is 13.2 Å². The predicted molar refractivity (Wildman–Crippen MR) is 83.8 cm³/mol. The van der Waals surface area contributed by atoms with Gasteiger partial charge in [-0.15, -0.1) is 11.3 Å². The molecule has 2 rings (SSSR count). The predicted octanol–water partition coefficient (Wildman–Crippen LogP) is 2.03. The molecule has 1 saturated heterocycles. The fourth-order valence-electron chi connectivity index (χ4n) is 2.65. The Labute approximate surface area is 135 Å². The smallest absolute Gasteiger partial charge is 0.349 e. The van der Waals surface area contributed by atoms with Gasteiger partial charge in [0.25, 0.3) is 0 Å². The summed E-state index contributed by atoms with van der Waals surface area (Å²) in [4.78, 5) is 12.0. The highest BCUT2D eigenvalue weighted by Crippen LogP contribution is 2.33. The van der Waals surface area contributed by atoms with Gasteiger partial charge in [-0.1, -0.05) is 0 Å². The number of hydrogen-bond acceptors (Lipinski definition) is 6. The highest BCUT2D eigenvalue weighted by molar-refractivity contribution is 7.89. The summed E-state index contributed by atoms with van der Waals surface area (Å²) >= 11 is 1.09. The Hall–Kier alpha value is -0.960. The number of ether oxygens (including phenoxy) is 2. The molecule has 124 valence electrons. The number of methoxy groups -OCH3 is 2. The molecule has 1 unspecified atom stereocenters. The highest BCUT2D eigenvalue weighted by atomic mass is 32.2. The van der Waals surface area contributed by atoms with Gasteiger partial charge in [-0.3, -0.25) is 0 Å². The number of hydrogen-bond donors (Lipinski definition) is 0. The first kappa shape index (κ1) is 17.4. The van der Waals surface area contributed by atoms with Gasteiger partial charge in [0.15, 0.2) is 0 Å². The van der Waals surface area contributed by atoms with Crippen LogP contribution in [0.15, 0.2) is 10.3 Å². The average Bonchev–Trinajstić information content (AvgIpc) is 2.89. The molecule has 0 saturated carbocycles. The van der Waals surface area contributed by atoms with Gasteiger partial charge in [-0.05, 0) is 37.6 Å². The second kappa shape index (κ2) is 6.27. The molecule has 22 heavy (non-hydrogen) atoms. The van der Waals surface area contributed by atoms with Crippen LogP contribution in [0.1, 0.15) is 35.0 Å². The minimum absolute atomic E-state index is 0.0599. The Balaban J connectivity index is 2.43. The van der Waals surface area contributed by atoms with Crippen molar-refractivity contribution in [1.29, 1.82) is 0 Å². The van der Waals surface area contributed by atoms with E-state index in [4.69, 9.17) is 9.47 Å². The van der Waals surface area contributed by atoms with Crippen LogP contribution in [-0.4, -0.2) is 51.6 Å². The maximum atomic E-state index is 13.0. The fourth-order valence-corrected chi connectivity index (χ4v) is 5.90. The topological polar surface area (TPSA) is 72.9 Å². The van der Waals surface area contributed by atoms with Crippen molar-refractivity contribution in [2.24, 2.45) is 0 Å². The Bertz CT molecular complexity index is 667. The van der Waals surface area contributed by atoms with Crippen LogP contribution in [0.3, 0.4) is 0 Å². The summed E-state index contributed by atoms with van der Waals surface area (Å²) in [5, 5.41) is 1.67. The van der Waals surface area contributed by atoms with Crippen LogP contribution in [0.4, 0.5) is 0 Å². The summed E-state index contributed by atoms with van der Waals surface area (Å²) in [5.41, 5.74) is 0.0656. The number of sulfonamides is 1. The van der Waals surface area contributed by atoms with Crippen molar-refractivity contribution in [3.63, 3.8) is 0 Å². The van der Waals surface area contributed by atoms with Crippen LogP contribution >= 0.6 is 11.3 Å². The Morgan fingerprint density at radius 2 is 2.09 bits per heavy atom. The summed E-state index contributed by atoms with van der Waals surface area (Å²) < 4.78 is 37.5. The lowest BCUT2D eigenvalue weighted by Crippen LogP contribution is -2.49. The fraction of sp³-hybridized carbons (Fsp3) is 0.643. The minimum Gasteiger partial charge on any atom is -0.465 e. The van der Waals surface area contributed by atoms with Crippen molar-refractivity contribution in [2.45, 2.75) is 37.2 Å². The molecule has 1 aromatic heterocycles. The van der Waals surface area contributed by atoms with Crippen LogP contribution in [-0.2, 0) is 19.5 Å². The van der Waals surface area contributed by atoms with Crippen molar-refractivity contribution in [1.82, 2.24) is 4.31 Å². The first-order valence-corrected chi connectivity index (χ1v) is 9.29. The normalized spacial score (nSPS) is 23.5. The van der Waals surface area contributed by atoms with E-state index in [2.05, 4.69) is 0 Å². The number of aryl methyl sites for hydroxylation is 1. The van der Waals surface area contributed by atoms with Crippen LogP contribution < -0.4 is 0 Å². The Kier molecular flexibility index (Phi) is 4.96. The summed E-state index contributed by atoms with van der Waals surface area (Å²) in [6.07, 6.45) is 1.53. The van der Waals surface area contributed by atoms with Crippen molar-refractivity contribution in [3.05, 3.63) is 15.8 Å². The first-order valence-electron chi connectivity index (χ1n) is 6.97. The van der Waals surface area contributed by atoms with Crippen molar-refractivity contribution >= 4 is 27.3 Å². The van der Waals surface area contributed by atoms with E-state index < -0.39 is 21.6 Å². The number of esters is 1. The average molecular weight is 347 g/mol. The maximum absolute atomic E-state index is 13.0. The van der Waals surface area contributed by atoms with Gasteiger partial charge in [0.2, 0.25) is 10.0 Å². The number of carbonyl (C=O) groups is 1. The number of piperidine rings is 1. The molecule has 0 aliphatic carbocycles. The highest BCUT2D eigenvalue weighted by Gasteiger charge is 2.39. The van der Waals surface area contributed by atoms with Crippen molar-refractivity contribution in [3.8, 4) is 0 Å². The molecule has 0 aromatic carbocycles. The maximum Gasteiger partial charge on any atom is 0.349 e. The van der Waals surface area contributed by atoms with Crippen molar-refractivity contribution < 1.29 is 22.7 Å². The molecule has 0 bridgehead atoms. The molecule has 0 radical (unpaired) electrons. The largest absolute Gasteiger partial charge is 0.465 e. The SMILES string of the molecule is COC(=O)c1scc(C)c1S(=O)(=O)N1CCCC(C)(OC)C1. The molecule has 1 aliphatic rings. The molecular weight excluding hydrogens is 326 g/mol. The number of rotatable bonds is 4. The second-order valence-electron chi connectivity index (χ2n) is 5.66. The van der Waals surface area contributed by atoms with Gasteiger partial charge in [-0.2, -0.15) is 4.31 Å². The zero-order chi connectivity index (χ0) is 16.5. The van der Waals surface area contributed by atoms with Gasteiger partial charge in [-0.25, -0.2) is 13.2 Å². The van der Waals surface area contributed by atoms with Crippen LogP contribution in [0.2, 0.25) is 0 Å². The van der Waals surface area contributed by atoms with E-state index in [1.54, 1.807) is 19.4 Å². The third kappa shape index (κ3) is 3.05. The molecular formula is C14H21NO5S2. The molecule has 0 N–H and O–H groups in total. The van der Waals surface area contributed by atoms with E-state index in [0.29, 0.717) is 12.1 Å². The lowest BCUT2D eigenvalue weighted by atomic mass is 9.96. The Morgan fingerprint density at radius 3 is 2.68 bits per heavy atom. The van der Waals surface area contributed by atoms with Crippen LogP contribution in [0.25, 0.3) is 0 Å². The molecule has 0 spiro atoms. The molecule has 6 nitrogen and oxygen atoms in total. The van der Waals surface area contributed by atoms with Gasteiger partial charge >= 0.3 is 5.97 Å². The standard InChI is InChI=1S/C14H21NO5S2/c1-10-8-21-11(13(16)19-3)12(10)22(17,18)15-7-5-6-14(2,9-15)20-4/h8H,5-7,9H2,1-4H3. The van der Waals surface area contributed by atoms with Crippen molar-refractivity contribution in [2.75, 3.05) is 27.3 Å². The van der Waals surface area contributed by atoms with Gasteiger partial charge in [0.1, 0.15) is 9.77 Å². The van der Waals surface area contributed by atoms with Crippen LogP contribution in [0, 0.1) is 6.92 Å². The molecule has 1 aliphatic heterocycles. The molecule has 1 aromatic rings. The van der Waals surface area contributed by atoms with Crippen LogP contribution in [0.5, 0.6) is 0 Å². The van der Waals surface area contributed by atoms with E-state index in [1.807, 2.05) is 6.92 Å². The molecule has 1 fully saturated rings. The molecule has 0 amide bonds. The van der Waals surface area contributed by atoms with E-state index in [0.717, 1.165) is 24.2 Å². The third-order valence-electron chi connectivity index (χ3n) is 4.00. The monoisotopic (exact) mass is 347 g/mol. The summed E-state index contributed by atoms with van der Waals surface area (Å²) in [6, 6.07) is 0. The third-order valence-corrected chi connectivity index (χ3v) is 7.24. The number of thiophene rings is 1. The van der Waals surface area contributed by atoms with Gasteiger partial charge in [0.05, 0.1) is 12.7 Å². The molecule has 8 heteroatoms. The lowest BCUT2D eigenvalue weighted by molar-refractivity contribution is -0.0319. The summed E-state index contributed by atoms with van der Waals surface area (Å²) in [7, 11) is -0.918. The quantitative estimate of drug-likeness (QED) is 0.779. The minimum atomic E-state index is -3.75. The van der Waals surface area contributed by atoms with Gasteiger partial charge in [0, 0.05) is 20.2 Å². The van der Waals surface area contributed by atoms with E-state index in [1.165, 1.54) is 11.4 Å². The zero-order valence-corrected chi connectivity index (χ0v) is 14.8. The Morgan fingerprint density at radius 1 is 1.41 bits per heavy atom. The molecule has 2 heterocycles. The summed E-state index contributed by atoms with van der Waals surface area (Å²) in [5.74, 6) is -0.622. The number of nitrogens with zero attached hydrogens (tertiary/aromatic N) is 1. The second-order valence-corrected chi connectivity index (χ2v) is 8.42. The van der Waals surface area contributed by atoms with Gasteiger partial charge < -0.3 is 9.47 Å². The zero-order valence-electron chi connectivity index (χ0n) is 13.2.